The Hall–Kier alpha value is -3.33. The zero-order valence-corrected chi connectivity index (χ0v) is 23.4. The number of rotatable bonds is 14. The molecule has 0 saturated carbocycles. The van der Waals surface area contributed by atoms with E-state index < -0.39 is 36.3 Å². The first-order chi connectivity index (χ1) is 19.4. The molecular weight excluding hydrogens is 506 g/mol. The average Bonchev–Trinajstić information content (AvgIpc) is 3.29. The van der Waals surface area contributed by atoms with Crippen molar-refractivity contribution in [1.82, 2.24) is 0 Å². The molecule has 1 fully saturated rings. The number of ether oxygens (including phenoxy) is 5. The molecule has 7 heteroatoms. The minimum Gasteiger partial charge on any atom is -0.624 e. The molecule has 1 aliphatic heterocycles. The largest absolute Gasteiger partial charge is 0.624 e. The first-order valence-corrected chi connectivity index (χ1v) is 13.5. The normalized spacial score (nSPS) is 21.0. The van der Waals surface area contributed by atoms with E-state index in [1.807, 2.05) is 105 Å². The fourth-order valence-corrected chi connectivity index (χ4v) is 4.79. The van der Waals surface area contributed by atoms with Gasteiger partial charge in [0.25, 0.3) is 0 Å². The van der Waals surface area contributed by atoms with Gasteiger partial charge < -0.3 is 28.9 Å². The quantitative estimate of drug-likeness (QED) is 0.0856. The van der Waals surface area contributed by atoms with Gasteiger partial charge in [-0.15, -0.1) is 6.58 Å². The number of hydrogen-bond acceptors (Lipinski definition) is 6. The molecular formula is C33H39NO6. The Balaban J connectivity index is 1.61. The van der Waals surface area contributed by atoms with Gasteiger partial charge in [-0.05, 0) is 25.0 Å². The molecule has 1 saturated heterocycles. The summed E-state index contributed by atoms with van der Waals surface area (Å²) >= 11 is 0. The molecule has 212 valence electrons. The van der Waals surface area contributed by atoms with Crippen LogP contribution in [0.5, 0.6) is 0 Å². The maximum Gasteiger partial charge on any atom is 0.183 e. The standard InChI is InChI=1S/C33H39NO6/c1-5-28(37-23-26-17-11-7-12-18-26)31-32(40-33(2,3)39-31)30(38-24-27-19-13-8-14-20-27)29(36-4)22-34(35)21-25-15-9-6-10-16-25/h5-20,22,28-32H,1,21,23-24H2,2-4H3/b34-22+/t28-,29-,30-,31-,32+/m1/s1. The Bertz CT molecular complexity index is 1200. The molecule has 1 heterocycles. The molecule has 5 atom stereocenters. The molecule has 1 aliphatic rings. The molecule has 0 aliphatic carbocycles. The lowest BCUT2D eigenvalue weighted by Crippen LogP contribution is -2.50. The minimum absolute atomic E-state index is 0.179. The van der Waals surface area contributed by atoms with Crippen molar-refractivity contribution in [3.63, 3.8) is 0 Å². The summed E-state index contributed by atoms with van der Waals surface area (Å²) in [5.41, 5.74) is 2.92. The molecule has 40 heavy (non-hydrogen) atoms. The van der Waals surface area contributed by atoms with Gasteiger partial charge in [0, 0.05) is 12.7 Å². The van der Waals surface area contributed by atoms with E-state index in [-0.39, 0.29) is 6.54 Å². The Kier molecular flexibility index (Phi) is 10.6. The van der Waals surface area contributed by atoms with Crippen molar-refractivity contribution >= 4 is 6.21 Å². The molecule has 3 aromatic carbocycles. The predicted molar refractivity (Wildman–Crippen MR) is 155 cm³/mol. The number of nitrogens with zero attached hydrogens (tertiary/aromatic N) is 1. The second-order valence-electron chi connectivity index (χ2n) is 10.2. The van der Waals surface area contributed by atoms with Gasteiger partial charge in [-0.2, -0.15) is 0 Å². The lowest BCUT2D eigenvalue weighted by molar-refractivity contribution is -0.473. The molecule has 3 aromatic rings. The summed E-state index contributed by atoms with van der Waals surface area (Å²) < 4.78 is 32.3. The monoisotopic (exact) mass is 545 g/mol. The van der Waals surface area contributed by atoms with E-state index in [1.165, 1.54) is 6.21 Å². The number of hydroxylamine groups is 1. The summed E-state index contributed by atoms with van der Waals surface area (Å²) in [6.07, 6.45) is 0.130. The van der Waals surface area contributed by atoms with E-state index in [1.54, 1.807) is 13.2 Å². The van der Waals surface area contributed by atoms with Crippen molar-refractivity contribution in [2.75, 3.05) is 7.11 Å². The van der Waals surface area contributed by atoms with Crippen LogP contribution in [0.1, 0.15) is 30.5 Å². The van der Waals surface area contributed by atoms with Crippen LogP contribution in [-0.4, -0.2) is 54.4 Å². The van der Waals surface area contributed by atoms with Crippen molar-refractivity contribution in [2.45, 2.75) is 69.9 Å². The molecule has 0 spiro atoms. The lowest BCUT2D eigenvalue weighted by Gasteiger charge is -2.32. The van der Waals surface area contributed by atoms with Gasteiger partial charge in [-0.25, -0.2) is 4.74 Å². The van der Waals surface area contributed by atoms with Crippen LogP contribution in [0.4, 0.5) is 0 Å². The molecule has 0 N–H and O–H groups in total. The summed E-state index contributed by atoms with van der Waals surface area (Å²) in [5, 5.41) is 13.0. The van der Waals surface area contributed by atoms with Gasteiger partial charge in [0.2, 0.25) is 0 Å². The third-order valence-electron chi connectivity index (χ3n) is 6.70. The van der Waals surface area contributed by atoms with E-state index >= 15 is 0 Å². The molecule has 7 nitrogen and oxygen atoms in total. The first kappa shape index (κ1) is 29.6. The van der Waals surface area contributed by atoms with E-state index in [0.29, 0.717) is 13.2 Å². The van der Waals surface area contributed by atoms with Crippen molar-refractivity contribution < 1.29 is 28.4 Å². The Morgan fingerprint density at radius 2 is 1.32 bits per heavy atom. The third kappa shape index (κ3) is 8.34. The highest BCUT2D eigenvalue weighted by Gasteiger charge is 2.51. The van der Waals surface area contributed by atoms with Crippen molar-refractivity contribution in [1.29, 1.82) is 0 Å². The van der Waals surface area contributed by atoms with Crippen LogP contribution in [0.15, 0.2) is 104 Å². The smallest absolute Gasteiger partial charge is 0.183 e. The highest BCUT2D eigenvalue weighted by molar-refractivity contribution is 5.59. The van der Waals surface area contributed by atoms with Crippen LogP contribution in [-0.2, 0) is 43.4 Å². The highest BCUT2D eigenvalue weighted by Crippen LogP contribution is 2.35. The molecule has 0 unspecified atom stereocenters. The van der Waals surface area contributed by atoms with Gasteiger partial charge in [0.05, 0.1) is 13.2 Å². The Labute approximate surface area is 237 Å². The molecule has 0 radical (unpaired) electrons. The second kappa shape index (κ2) is 14.3. The zero-order chi connectivity index (χ0) is 28.4. The van der Waals surface area contributed by atoms with Gasteiger partial charge in [0.1, 0.15) is 24.4 Å². The molecule has 0 aromatic heterocycles. The minimum atomic E-state index is -0.916. The fourth-order valence-electron chi connectivity index (χ4n) is 4.79. The SMILES string of the molecule is C=C[C@@H](OCc1ccccc1)[C@H]1OC(C)(C)O[C@H]1[C@H](OCc1ccccc1)[C@@H](/C=[N+](/[O-])Cc1ccccc1)OC. The van der Waals surface area contributed by atoms with Crippen LogP contribution < -0.4 is 0 Å². The van der Waals surface area contributed by atoms with Crippen LogP contribution >= 0.6 is 0 Å². The summed E-state index contributed by atoms with van der Waals surface area (Å²) in [7, 11) is 1.56. The first-order valence-electron chi connectivity index (χ1n) is 13.5. The number of hydrogen-bond donors (Lipinski definition) is 0. The molecule has 0 bridgehead atoms. The van der Waals surface area contributed by atoms with Crippen LogP contribution in [0, 0.1) is 5.21 Å². The van der Waals surface area contributed by atoms with E-state index in [9.17, 15) is 5.21 Å². The van der Waals surface area contributed by atoms with E-state index in [2.05, 4.69) is 6.58 Å². The highest BCUT2D eigenvalue weighted by atomic mass is 16.8. The maximum absolute atomic E-state index is 13.0. The topological polar surface area (TPSA) is 72.2 Å². The Morgan fingerprint density at radius 1 is 0.825 bits per heavy atom. The summed E-state index contributed by atoms with van der Waals surface area (Å²) in [5.74, 6) is -0.916. The van der Waals surface area contributed by atoms with Gasteiger partial charge >= 0.3 is 0 Å². The second-order valence-corrected chi connectivity index (χ2v) is 10.2. The summed E-state index contributed by atoms with van der Waals surface area (Å²) in [6.45, 7) is 8.58. The zero-order valence-electron chi connectivity index (χ0n) is 23.4. The lowest BCUT2D eigenvalue weighted by atomic mass is 9.98. The average molecular weight is 546 g/mol. The van der Waals surface area contributed by atoms with E-state index in [0.717, 1.165) is 21.4 Å². The van der Waals surface area contributed by atoms with Gasteiger partial charge in [0.15, 0.2) is 24.7 Å². The van der Waals surface area contributed by atoms with Crippen molar-refractivity contribution in [2.24, 2.45) is 0 Å². The molecule has 0 amide bonds. The van der Waals surface area contributed by atoms with Gasteiger partial charge in [-0.1, -0.05) is 97.1 Å². The number of methoxy groups -OCH3 is 1. The third-order valence-corrected chi connectivity index (χ3v) is 6.70. The van der Waals surface area contributed by atoms with E-state index in [4.69, 9.17) is 23.7 Å². The van der Waals surface area contributed by atoms with Crippen LogP contribution in [0.25, 0.3) is 0 Å². The molecule has 4 rings (SSSR count). The number of benzene rings is 3. The van der Waals surface area contributed by atoms with Crippen LogP contribution in [0.2, 0.25) is 0 Å². The summed E-state index contributed by atoms with van der Waals surface area (Å²) in [4.78, 5) is 0. The fraction of sp³-hybridized carbons (Fsp3) is 0.364. The maximum atomic E-state index is 13.0. The van der Waals surface area contributed by atoms with Gasteiger partial charge in [-0.3, -0.25) is 0 Å². The van der Waals surface area contributed by atoms with Crippen LogP contribution in [0.3, 0.4) is 0 Å². The van der Waals surface area contributed by atoms with Crippen molar-refractivity contribution in [3.8, 4) is 0 Å². The predicted octanol–water partition coefficient (Wildman–Crippen LogP) is 5.66. The Morgan fingerprint density at radius 3 is 1.85 bits per heavy atom. The summed E-state index contributed by atoms with van der Waals surface area (Å²) in [6, 6.07) is 29.3. The van der Waals surface area contributed by atoms with Crippen molar-refractivity contribution in [3.05, 3.63) is 126 Å².